The third-order valence-corrected chi connectivity index (χ3v) is 2.77. The number of hydrogen-bond acceptors (Lipinski definition) is 6. The summed E-state index contributed by atoms with van der Waals surface area (Å²) < 4.78 is 7.17. The zero-order valence-corrected chi connectivity index (χ0v) is 10.3. The van der Waals surface area contributed by atoms with Crippen LogP contribution in [0.25, 0.3) is 5.65 Å². The Kier molecular flexibility index (Phi) is 2.71. The van der Waals surface area contributed by atoms with Crippen molar-refractivity contribution in [2.75, 3.05) is 5.73 Å². The smallest absolute Gasteiger partial charge is 0.242 e. The third kappa shape index (κ3) is 2.05. The summed E-state index contributed by atoms with van der Waals surface area (Å²) in [5.74, 6) is 0.973. The number of hydrogen-bond donors (Lipinski definition) is 1. The minimum atomic E-state index is 0.415. The Morgan fingerprint density at radius 3 is 3.00 bits per heavy atom. The monoisotopic (exact) mass is 256 g/mol. The molecule has 3 aromatic rings. The molecule has 0 radical (unpaired) electrons. The molecule has 0 fully saturated rings. The van der Waals surface area contributed by atoms with Crippen molar-refractivity contribution in [1.82, 2.24) is 25.0 Å². The normalized spacial score (nSPS) is 10.8. The van der Waals surface area contributed by atoms with Crippen molar-refractivity contribution >= 4 is 11.3 Å². The average molecular weight is 256 g/mol. The Morgan fingerprint density at radius 2 is 2.21 bits per heavy atom. The van der Waals surface area contributed by atoms with E-state index in [0.29, 0.717) is 23.0 Å². The number of ether oxygens (including phenoxy) is 1. The molecule has 2 N–H and O–H groups in total. The zero-order chi connectivity index (χ0) is 13.2. The second kappa shape index (κ2) is 4.52. The first kappa shape index (κ1) is 11.4. The number of fused-ring (bicyclic) bond motifs is 1. The molecule has 0 amide bonds. The van der Waals surface area contributed by atoms with E-state index < -0.39 is 0 Å². The summed E-state index contributed by atoms with van der Waals surface area (Å²) in [4.78, 5) is 4.02. The zero-order valence-electron chi connectivity index (χ0n) is 10.3. The van der Waals surface area contributed by atoms with Crippen molar-refractivity contribution in [2.24, 2.45) is 0 Å². The van der Waals surface area contributed by atoms with Gasteiger partial charge in [-0.05, 0) is 34.5 Å². The van der Waals surface area contributed by atoms with E-state index in [2.05, 4.69) is 27.4 Å². The van der Waals surface area contributed by atoms with E-state index in [4.69, 9.17) is 10.5 Å². The first-order chi connectivity index (χ1) is 9.28. The van der Waals surface area contributed by atoms with Gasteiger partial charge in [0, 0.05) is 0 Å². The van der Waals surface area contributed by atoms with Crippen LogP contribution in [0.1, 0.15) is 12.5 Å². The molecular weight excluding hydrogens is 244 g/mol. The van der Waals surface area contributed by atoms with Crippen LogP contribution in [-0.2, 0) is 6.42 Å². The number of tetrazole rings is 1. The second-order valence-electron chi connectivity index (χ2n) is 4.02. The Bertz CT molecular complexity index is 723. The second-order valence-corrected chi connectivity index (χ2v) is 4.02. The molecule has 96 valence electrons. The number of benzene rings is 1. The van der Waals surface area contributed by atoms with Crippen LogP contribution in [0.4, 0.5) is 5.69 Å². The predicted octanol–water partition coefficient (Wildman–Crippen LogP) is 1.46. The maximum absolute atomic E-state index is 5.96. The highest BCUT2D eigenvalue weighted by atomic mass is 16.5. The molecule has 0 saturated heterocycles. The number of nitrogens with zero attached hydrogens (tertiary/aromatic N) is 5. The molecule has 0 saturated carbocycles. The fourth-order valence-corrected chi connectivity index (χ4v) is 1.75. The van der Waals surface area contributed by atoms with Crippen LogP contribution in [0.2, 0.25) is 0 Å². The molecule has 0 aliphatic carbocycles. The Labute approximate surface area is 109 Å². The number of aryl methyl sites for hydroxylation is 1. The van der Waals surface area contributed by atoms with Crippen molar-refractivity contribution in [3.8, 4) is 11.6 Å². The minimum Gasteiger partial charge on any atom is -0.435 e. The SMILES string of the molecule is CCc1ccc(Oc2cncc3nnnn23)c(N)c1. The van der Waals surface area contributed by atoms with Crippen LogP contribution >= 0.6 is 0 Å². The van der Waals surface area contributed by atoms with Crippen LogP contribution in [0.5, 0.6) is 11.6 Å². The van der Waals surface area contributed by atoms with Crippen LogP contribution in [-0.4, -0.2) is 25.0 Å². The summed E-state index contributed by atoms with van der Waals surface area (Å²) >= 11 is 0. The molecule has 0 unspecified atom stereocenters. The highest BCUT2D eigenvalue weighted by Crippen LogP contribution is 2.27. The van der Waals surface area contributed by atoms with Crippen LogP contribution < -0.4 is 10.5 Å². The van der Waals surface area contributed by atoms with Crippen molar-refractivity contribution in [3.63, 3.8) is 0 Å². The van der Waals surface area contributed by atoms with E-state index in [0.717, 1.165) is 12.0 Å². The molecule has 19 heavy (non-hydrogen) atoms. The van der Waals surface area contributed by atoms with Gasteiger partial charge in [-0.3, -0.25) is 4.98 Å². The maximum atomic E-state index is 5.96. The minimum absolute atomic E-state index is 0.415. The lowest BCUT2D eigenvalue weighted by atomic mass is 10.1. The van der Waals surface area contributed by atoms with E-state index in [-0.39, 0.29) is 0 Å². The lowest BCUT2D eigenvalue weighted by Gasteiger charge is -2.09. The van der Waals surface area contributed by atoms with Gasteiger partial charge in [0.05, 0.1) is 18.1 Å². The Balaban J connectivity index is 1.99. The molecule has 0 aliphatic heterocycles. The van der Waals surface area contributed by atoms with Crippen molar-refractivity contribution < 1.29 is 4.74 Å². The van der Waals surface area contributed by atoms with E-state index in [1.165, 1.54) is 10.7 Å². The molecule has 0 atom stereocenters. The van der Waals surface area contributed by atoms with E-state index in [1.54, 1.807) is 6.20 Å². The largest absolute Gasteiger partial charge is 0.435 e. The lowest BCUT2D eigenvalue weighted by Crippen LogP contribution is -1.99. The fourth-order valence-electron chi connectivity index (χ4n) is 1.75. The molecule has 7 nitrogen and oxygen atoms in total. The molecule has 7 heteroatoms. The quantitative estimate of drug-likeness (QED) is 0.713. The van der Waals surface area contributed by atoms with Crippen molar-refractivity contribution in [3.05, 3.63) is 36.2 Å². The maximum Gasteiger partial charge on any atom is 0.242 e. The molecule has 2 aromatic heterocycles. The van der Waals surface area contributed by atoms with E-state index >= 15 is 0 Å². The highest BCUT2D eigenvalue weighted by Gasteiger charge is 2.08. The van der Waals surface area contributed by atoms with Gasteiger partial charge in [0.15, 0.2) is 5.75 Å². The summed E-state index contributed by atoms with van der Waals surface area (Å²) in [6.45, 7) is 2.07. The topological polar surface area (TPSA) is 91.2 Å². The van der Waals surface area contributed by atoms with E-state index in [1.807, 2.05) is 18.2 Å². The van der Waals surface area contributed by atoms with Crippen LogP contribution in [0.3, 0.4) is 0 Å². The summed E-state index contributed by atoms with van der Waals surface area (Å²) in [6.07, 6.45) is 4.02. The summed E-state index contributed by atoms with van der Waals surface area (Å²) in [5, 5.41) is 11.2. The van der Waals surface area contributed by atoms with Gasteiger partial charge >= 0.3 is 0 Å². The number of nitrogen functional groups attached to an aromatic ring is 1. The lowest BCUT2D eigenvalue weighted by molar-refractivity contribution is 0.444. The number of rotatable bonds is 3. The summed E-state index contributed by atoms with van der Waals surface area (Å²) in [5.41, 5.74) is 8.20. The molecule has 0 spiro atoms. The first-order valence-electron chi connectivity index (χ1n) is 5.86. The van der Waals surface area contributed by atoms with Gasteiger partial charge in [-0.1, -0.05) is 13.0 Å². The summed E-state index contributed by atoms with van der Waals surface area (Å²) in [6, 6.07) is 5.69. The van der Waals surface area contributed by atoms with Crippen molar-refractivity contribution in [2.45, 2.75) is 13.3 Å². The van der Waals surface area contributed by atoms with Gasteiger partial charge in [0.1, 0.15) is 0 Å². The molecular formula is C12H12N6O. The van der Waals surface area contributed by atoms with Gasteiger partial charge in [-0.2, -0.15) is 4.52 Å². The van der Waals surface area contributed by atoms with Crippen LogP contribution in [0, 0.1) is 0 Å². The molecule has 2 heterocycles. The van der Waals surface area contributed by atoms with Gasteiger partial charge in [0.25, 0.3) is 0 Å². The fraction of sp³-hybridized carbons (Fsp3) is 0.167. The van der Waals surface area contributed by atoms with Gasteiger partial charge in [-0.15, -0.1) is 5.10 Å². The number of anilines is 1. The van der Waals surface area contributed by atoms with E-state index in [9.17, 15) is 0 Å². The van der Waals surface area contributed by atoms with Gasteiger partial charge < -0.3 is 10.5 Å². The Morgan fingerprint density at radius 1 is 1.32 bits per heavy atom. The predicted molar refractivity (Wildman–Crippen MR) is 68.9 cm³/mol. The standard InChI is InChI=1S/C12H12N6O/c1-2-8-3-4-10(9(13)5-8)19-12-7-14-6-11-15-16-17-18(11)12/h3-7H,2,13H2,1H3. The van der Waals surface area contributed by atoms with Gasteiger partial charge in [0.2, 0.25) is 11.5 Å². The molecule has 3 rings (SSSR count). The number of aromatic nitrogens is 5. The molecule has 0 bridgehead atoms. The van der Waals surface area contributed by atoms with Crippen LogP contribution in [0.15, 0.2) is 30.6 Å². The average Bonchev–Trinajstić information content (AvgIpc) is 2.90. The first-order valence-corrected chi connectivity index (χ1v) is 5.86. The molecule has 0 aliphatic rings. The Hall–Kier alpha value is -2.70. The third-order valence-electron chi connectivity index (χ3n) is 2.77. The number of nitrogens with two attached hydrogens (primary N) is 1. The van der Waals surface area contributed by atoms with Crippen molar-refractivity contribution in [1.29, 1.82) is 0 Å². The highest BCUT2D eigenvalue weighted by molar-refractivity contribution is 5.55. The van der Waals surface area contributed by atoms with Gasteiger partial charge in [-0.25, -0.2) is 0 Å². The molecule has 1 aromatic carbocycles. The summed E-state index contributed by atoms with van der Waals surface area (Å²) in [7, 11) is 0.